The molecule has 0 bridgehead atoms. The molecule has 1 unspecified atom stereocenters. The molecule has 2 aromatic carbocycles. The van der Waals surface area contributed by atoms with Crippen molar-refractivity contribution in [2.24, 2.45) is 0 Å². The number of halogens is 1. The fourth-order valence-electron chi connectivity index (χ4n) is 3.97. The first-order chi connectivity index (χ1) is 15.9. The van der Waals surface area contributed by atoms with Crippen LogP contribution >= 0.6 is 12.4 Å². The lowest BCUT2D eigenvalue weighted by molar-refractivity contribution is -0.117. The number of piperazine rings is 1. The highest BCUT2D eigenvalue weighted by atomic mass is 35.5. The normalized spacial score (nSPS) is 14.5. The minimum atomic E-state index is -0.392. The summed E-state index contributed by atoms with van der Waals surface area (Å²) in [5.74, 6) is 0.822. The summed E-state index contributed by atoms with van der Waals surface area (Å²) in [5.41, 5.74) is 4.79. The topological polar surface area (TPSA) is 77.8 Å². The first-order valence-electron chi connectivity index (χ1n) is 11.1. The second-order valence-corrected chi connectivity index (χ2v) is 8.21. The van der Waals surface area contributed by atoms with Gasteiger partial charge in [-0.1, -0.05) is 18.2 Å². The third-order valence-corrected chi connectivity index (χ3v) is 6.16. The maximum atomic E-state index is 12.8. The number of nitriles is 1. The van der Waals surface area contributed by atoms with Crippen molar-refractivity contribution in [3.8, 4) is 17.6 Å². The molecule has 1 aliphatic heterocycles. The standard InChI is InChI=1S/C26H32N4O3.ClH/c1-18-7-6-8-23(19(18)2)30-13-11-29(12-14-30)17-22(16-27)26(31)28-20(3)21-9-10-24(32-4)25(15-21)33-5;/h6-10,15,17,20H,11-14H2,1-5H3,(H,28,31);1H/b22-17-;. The number of carbonyl (C=O) groups excluding carboxylic acids is 1. The number of benzene rings is 2. The van der Waals surface area contributed by atoms with Gasteiger partial charge in [0, 0.05) is 38.1 Å². The molecule has 34 heavy (non-hydrogen) atoms. The molecule has 1 atom stereocenters. The van der Waals surface area contributed by atoms with Crippen LogP contribution in [0.4, 0.5) is 5.69 Å². The summed E-state index contributed by atoms with van der Waals surface area (Å²) in [6, 6.07) is 13.6. The molecule has 0 spiro atoms. The fourth-order valence-corrected chi connectivity index (χ4v) is 3.97. The van der Waals surface area contributed by atoms with Gasteiger partial charge in [-0.25, -0.2) is 0 Å². The van der Waals surface area contributed by atoms with E-state index in [4.69, 9.17) is 9.47 Å². The SMILES string of the molecule is COc1ccc(C(C)NC(=O)/C(C#N)=C\N2CCN(c3cccc(C)c3C)CC2)cc1OC.Cl. The van der Waals surface area contributed by atoms with Gasteiger partial charge in [-0.3, -0.25) is 4.79 Å². The summed E-state index contributed by atoms with van der Waals surface area (Å²) in [7, 11) is 3.15. The van der Waals surface area contributed by atoms with Gasteiger partial charge in [-0.15, -0.1) is 12.4 Å². The van der Waals surface area contributed by atoms with Gasteiger partial charge in [0.15, 0.2) is 11.5 Å². The molecule has 0 radical (unpaired) electrons. The highest BCUT2D eigenvalue weighted by Crippen LogP contribution is 2.30. The van der Waals surface area contributed by atoms with E-state index in [1.54, 1.807) is 26.5 Å². The predicted octanol–water partition coefficient (Wildman–Crippen LogP) is 4.15. The maximum Gasteiger partial charge on any atom is 0.263 e. The van der Waals surface area contributed by atoms with Gasteiger partial charge >= 0.3 is 0 Å². The summed E-state index contributed by atoms with van der Waals surface area (Å²) in [5, 5.41) is 12.5. The van der Waals surface area contributed by atoms with Crippen molar-refractivity contribution >= 4 is 24.0 Å². The summed E-state index contributed by atoms with van der Waals surface area (Å²) in [4.78, 5) is 17.2. The van der Waals surface area contributed by atoms with Gasteiger partial charge in [0.1, 0.15) is 11.6 Å². The third kappa shape index (κ3) is 6.15. The lowest BCUT2D eigenvalue weighted by Crippen LogP contribution is -2.44. The number of ether oxygens (including phenoxy) is 2. The van der Waals surface area contributed by atoms with E-state index in [1.807, 2.05) is 24.0 Å². The summed E-state index contributed by atoms with van der Waals surface area (Å²) in [6.07, 6.45) is 1.68. The van der Waals surface area contributed by atoms with Crippen LogP contribution in [0.3, 0.4) is 0 Å². The molecule has 3 rings (SSSR count). The average molecular weight is 485 g/mol. The summed E-state index contributed by atoms with van der Waals surface area (Å²) >= 11 is 0. The molecule has 1 fully saturated rings. The van der Waals surface area contributed by atoms with Crippen molar-refractivity contribution in [1.82, 2.24) is 10.2 Å². The molecule has 8 heteroatoms. The van der Waals surface area contributed by atoms with Crippen LogP contribution in [0, 0.1) is 25.2 Å². The number of carbonyl (C=O) groups is 1. The third-order valence-electron chi connectivity index (χ3n) is 6.16. The monoisotopic (exact) mass is 484 g/mol. The highest BCUT2D eigenvalue weighted by Gasteiger charge is 2.20. The van der Waals surface area contributed by atoms with Gasteiger partial charge in [-0.05, 0) is 55.7 Å². The number of hydrogen-bond donors (Lipinski definition) is 1. The first kappa shape index (κ1) is 26.9. The van der Waals surface area contributed by atoms with Gasteiger partial charge in [0.05, 0.1) is 20.3 Å². The Balaban J connectivity index is 0.00000408. The van der Waals surface area contributed by atoms with E-state index in [9.17, 15) is 10.1 Å². The molecule has 0 aromatic heterocycles. The zero-order valence-electron chi connectivity index (χ0n) is 20.4. The zero-order valence-corrected chi connectivity index (χ0v) is 21.2. The van der Waals surface area contributed by atoms with E-state index in [0.29, 0.717) is 11.5 Å². The number of nitrogens with zero attached hydrogens (tertiary/aromatic N) is 3. The minimum absolute atomic E-state index is 0. The molecule has 1 aliphatic rings. The summed E-state index contributed by atoms with van der Waals surface area (Å²) < 4.78 is 10.6. The molecule has 1 heterocycles. The van der Waals surface area contributed by atoms with Crippen LogP contribution in [0.1, 0.15) is 29.7 Å². The van der Waals surface area contributed by atoms with Gasteiger partial charge < -0.3 is 24.6 Å². The van der Waals surface area contributed by atoms with E-state index in [1.165, 1.54) is 16.8 Å². The second-order valence-electron chi connectivity index (χ2n) is 8.21. The number of aryl methyl sites for hydroxylation is 1. The minimum Gasteiger partial charge on any atom is -0.493 e. The Morgan fingerprint density at radius 1 is 1.09 bits per heavy atom. The van der Waals surface area contributed by atoms with Crippen molar-refractivity contribution in [2.45, 2.75) is 26.8 Å². The molecular weight excluding hydrogens is 452 g/mol. The Hall–Kier alpha value is -3.37. The van der Waals surface area contributed by atoms with Crippen LogP contribution in [0.15, 0.2) is 48.2 Å². The molecule has 1 amide bonds. The molecule has 0 aliphatic carbocycles. The molecule has 182 valence electrons. The zero-order chi connectivity index (χ0) is 24.0. The Bertz CT molecular complexity index is 1070. The number of hydrogen-bond acceptors (Lipinski definition) is 6. The first-order valence-corrected chi connectivity index (χ1v) is 11.1. The second kappa shape index (κ2) is 12.2. The van der Waals surface area contributed by atoms with Crippen LogP contribution in [-0.4, -0.2) is 51.2 Å². The number of nitrogens with one attached hydrogen (secondary N) is 1. The largest absolute Gasteiger partial charge is 0.493 e. The van der Waals surface area contributed by atoms with Crippen molar-refractivity contribution in [2.75, 3.05) is 45.3 Å². The number of rotatable bonds is 7. The van der Waals surface area contributed by atoms with E-state index < -0.39 is 5.91 Å². The van der Waals surface area contributed by atoms with Gasteiger partial charge in [0.2, 0.25) is 0 Å². The fraction of sp³-hybridized carbons (Fsp3) is 0.385. The Morgan fingerprint density at radius 3 is 2.38 bits per heavy atom. The van der Waals surface area contributed by atoms with Crippen molar-refractivity contribution in [3.63, 3.8) is 0 Å². The van der Waals surface area contributed by atoms with E-state index in [0.717, 1.165) is 31.7 Å². The predicted molar refractivity (Wildman–Crippen MR) is 137 cm³/mol. The molecule has 2 aromatic rings. The maximum absolute atomic E-state index is 12.8. The Morgan fingerprint density at radius 2 is 1.76 bits per heavy atom. The van der Waals surface area contributed by atoms with Crippen molar-refractivity contribution < 1.29 is 14.3 Å². The van der Waals surface area contributed by atoms with Crippen LogP contribution in [0.2, 0.25) is 0 Å². The highest BCUT2D eigenvalue weighted by molar-refractivity contribution is 5.97. The van der Waals surface area contributed by atoms with E-state index in [-0.39, 0.29) is 24.0 Å². The Labute approximate surface area is 208 Å². The number of methoxy groups -OCH3 is 2. The van der Waals surface area contributed by atoms with E-state index in [2.05, 4.69) is 48.3 Å². The van der Waals surface area contributed by atoms with Crippen LogP contribution in [0.5, 0.6) is 11.5 Å². The van der Waals surface area contributed by atoms with Crippen LogP contribution < -0.4 is 19.7 Å². The summed E-state index contributed by atoms with van der Waals surface area (Å²) in [6.45, 7) is 9.31. The van der Waals surface area contributed by atoms with Gasteiger partial charge in [-0.2, -0.15) is 5.26 Å². The molecule has 1 saturated heterocycles. The molecule has 7 nitrogen and oxygen atoms in total. The number of amides is 1. The van der Waals surface area contributed by atoms with Crippen molar-refractivity contribution in [1.29, 1.82) is 5.26 Å². The van der Waals surface area contributed by atoms with Crippen LogP contribution in [-0.2, 0) is 4.79 Å². The molecule has 0 saturated carbocycles. The Kier molecular flexibility index (Phi) is 9.64. The lowest BCUT2D eigenvalue weighted by Gasteiger charge is -2.36. The molecule has 1 N–H and O–H groups in total. The smallest absolute Gasteiger partial charge is 0.263 e. The number of anilines is 1. The molecular formula is C26H33ClN4O3. The van der Waals surface area contributed by atoms with E-state index >= 15 is 0 Å². The van der Waals surface area contributed by atoms with Crippen LogP contribution in [0.25, 0.3) is 0 Å². The average Bonchev–Trinajstić information content (AvgIpc) is 2.84. The van der Waals surface area contributed by atoms with Crippen molar-refractivity contribution in [3.05, 3.63) is 64.9 Å². The quantitative estimate of drug-likeness (QED) is 0.470. The lowest BCUT2D eigenvalue weighted by atomic mass is 10.1. The van der Waals surface area contributed by atoms with Gasteiger partial charge in [0.25, 0.3) is 5.91 Å².